The molecular weight excluding hydrogens is 333 g/mol. The van der Waals surface area contributed by atoms with Gasteiger partial charge in [-0.3, -0.25) is 0 Å². The van der Waals surface area contributed by atoms with Crippen LogP contribution in [0.1, 0.15) is 15.9 Å². The van der Waals surface area contributed by atoms with Crippen molar-refractivity contribution >= 4 is 11.8 Å². The molecule has 1 heterocycles. The van der Waals surface area contributed by atoms with Crippen molar-refractivity contribution in [3.63, 3.8) is 0 Å². The van der Waals surface area contributed by atoms with Crippen molar-refractivity contribution in [2.24, 2.45) is 0 Å². The van der Waals surface area contributed by atoms with Gasteiger partial charge >= 0.3 is 5.97 Å². The minimum absolute atomic E-state index is 0.0142. The molecule has 0 fully saturated rings. The molecule has 2 N–H and O–H groups in total. The summed E-state index contributed by atoms with van der Waals surface area (Å²) < 4.78 is 18.8. The molecule has 0 aliphatic heterocycles. The molecule has 0 bridgehead atoms. The van der Waals surface area contributed by atoms with Gasteiger partial charge in [-0.25, -0.2) is 14.2 Å². The van der Waals surface area contributed by atoms with E-state index in [9.17, 15) is 14.4 Å². The zero-order valence-corrected chi connectivity index (χ0v) is 13.9. The number of nitrogens with zero attached hydrogens (tertiary/aromatic N) is 2. The van der Waals surface area contributed by atoms with E-state index >= 15 is 0 Å². The Morgan fingerprint density at radius 2 is 1.85 bits per heavy atom. The van der Waals surface area contributed by atoms with E-state index in [2.05, 4.69) is 9.72 Å². The van der Waals surface area contributed by atoms with E-state index in [0.29, 0.717) is 22.4 Å². The summed E-state index contributed by atoms with van der Waals surface area (Å²) in [5, 5.41) is 9.44. The Morgan fingerprint density at radius 1 is 1.15 bits per heavy atom. The normalized spacial score (nSPS) is 10.2. The van der Waals surface area contributed by atoms with Crippen LogP contribution in [0.3, 0.4) is 0 Å². The summed E-state index contributed by atoms with van der Waals surface area (Å²) in [6.07, 6.45) is 0. The molecule has 0 saturated carbocycles. The molecule has 6 heteroatoms. The lowest BCUT2D eigenvalue weighted by Crippen LogP contribution is -2.02. The second-order valence-corrected chi connectivity index (χ2v) is 5.48. The third-order valence-corrected chi connectivity index (χ3v) is 3.93. The average Bonchev–Trinajstić information content (AvgIpc) is 2.67. The van der Waals surface area contributed by atoms with Crippen LogP contribution in [-0.2, 0) is 4.74 Å². The highest BCUT2D eigenvalue weighted by molar-refractivity contribution is 5.90. The fourth-order valence-corrected chi connectivity index (χ4v) is 2.62. The molecule has 5 nitrogen and oxygen atoms in total. The number of carbonyl (C=O) groups excluding carboxylic acids is 1. The molecule has 0 spiro atoms. The van der Waals surface area contributed by atoms with Gasteiger partial charge in [-0.05, 0) is 35.9 Å². The van der Waals surface area contributed by atoms with Gasteiger partial charge in [-0.2, -0.15) is 5.26 Å². The fourth-order valence-electron chi connectivity index (χ4n) is 2.62. The van der Waals surface area contributed by atoms with Gasteiger partial charge < -0.3 is 10.5 Å². The number of pyridine rings is 1. The van der Waals surface area contributed by atoms with Crippen molar-refractivity contribution in [2.45, 2.75) is 0 Å². The van der Waals surface area contributed by atoms with Gasteiger partial charge in [-0.1, -0.05) is 24.3 Å². The maximum atomic E-state index is 14.1. The van der Waals surface area contributed by atoms with E-state index < -0.39 is 11.8 Å². The van der Waals surface area contributed by atoms with Crippen LogP contribution in [-0.4, -0.2) is 18.1 Å². The number of nitrogens with two attached hydrogens (primary N) is 1. The Morgan fingerprint density at radius 3 is 2.46 bits per heavy atom. The average molecular weight is 347 g/mol. The molecule has 0 amide bonds. The molecule has 0 atom stereocenters. The first-order valence-corrected chi connectivity index (χ1v) is 7.69. The summed E-state index contributed by atoms with van der Waals surface area (Å²) >= 11 is 0. The molecule has 1 aromatic heterocycles. The van der Waals surface area contributed by atoms with Gasteiger partial charge in [0.05, 0.1) is 18.4 Å². The lowest BCUT2D eigenvalue weighted by Gasteiger charge is -2.11. The van der Waals surface area contributed by atoms with E-state index in [0.717, 1.165) is 0 Å². The van der Waals surface area contributed by atoms with Gasteiger partial charge in [0, 0.05) is 11.1 Å². The zero-order valence-electron chi connectivity index (χ0n) is 13.9. The maximum absolute atomic E-state index is 14.1. The SMILES string of the molecule is COC(=O)c1ccc(-c2cc(-c3ccccc3F)nc(N)c2C#N)cc1. The molecule has 2 aromatic carbocycles. The predicted octanol–water partition coefficient (Wildman–Crippen LogP) is 3.80. The predicted molar refractivity (Wildman–Crippen MR) is 95.5 cm³/mol. The topological polar surface area (TPSA) is 89.0 Å². The van der Waals surface area contributed by atoms with Crippen molar-refractivity contribution in [2.75, 3.05) is 12.8 Å². The third kappa shape index (κ3) is 3.10. The first-order chi connectivity index (χ1) is 12.5. The van der Waals surface area contributed by atoms with E-state index in [1.54, 1.807) is 48.5 Å². The first-order valence-electron chi connectivity index (χ1n) is 7.69. The van der Waals surface area contributed by atoms with Gasteiger partial charge in [0.2, 0.25) is 0 Å². The molecular formula is C20H14FN3O2. The van der Waals surface area contributed by atoms with E-state index in [1.165, 1.54) is 13.2 Å². The Hall–Kier alpha value is -3.72. The maximum Gasteiger partial charge on any atom is 0.337 e. The van der Waals surface area contributed by atoms with Crippen molar-refractivity contribution < 1.29 is 13.9 Å². The van der Waals surface area contributed by atoms with Gasteiger partial charge in [0.15, 0.2) is 0 Å². The smallest absolute Gasteiger partial charge is 0.337 e. The molecule has 0 radical (unpaired) electrons. The summed E-state index contributed by atoms with van der Waals surface area (Å²) in [6.45, 7) is 0. The van der Waals surface area contributed by atoms with Gasteiger partial charge in [0.25, 0.3) is 0 Å². The highest BCUT2D eigenvalue weighted by atomic mass is 19.1. The minimum atomic E-state index is -0.460. The molecule has 26 heavy (non-hydrogen) atoms. The van der Waals surface area contributed by atoms with Crippen molar-refractivity contribution in [1.82, 2.24) is 4.98 Å². The first kappa shape index (κ1) is 17.1. The number of nitriles is 1. The number of esters is 1. The number of benzene rings is 2. The Labute approximate surface area is 149 Å². The van der Waals surface area contributed by atoms with E-state index in [4.69, 9.17) is 5.73 Å². The monoisotopic (exact) mass is 347 g/mol. The molecule has 0 saturated heterocycles. The molecule has 0 unspecified atom stereocenters. The largest absolute Gasteiger partial charge is 0.465 e. The van der Waals surface area contributed by atoms with Crippen LogP contribution in [0, 0.1) is 17.1 Å². The molecule has 128 valence electrons. The fraction of sp³-hybridized carbons (Fsp3) is 0.0500. The van der Waals surface area contributed by atoms with Crippen LogP contribution >= 0.6 is 0 Å². The summed E-state index contributed by atoms with van der Waals surface area (Å²) in [5.74, 6) is -0.880. The Kier molecular flexibility index (Phi) is 4.63. The standard InChI is InChI=1S/C20H14FN3O2/c1-26-20(25)13-8-6-12(7-9-13)15-10-18(24-19(23)16(15)11-22)14-4-2-3-5-17(14)21/h2-10H,1H3,(H2,23,24). The number of rotatable bonds is 3. The number of methoxy groups -OCH3 is 1. The number of aromatic nitrogens is 1. The highest BCUT2D eigenvalue weighted by Crippen LogP contribution is 2.32. The van der Waals surface area contributed by atoms with E-state index in [-0.39, 0.29) is 16.9 Å². The van der Waals surface area contributed by atoms with Crippen LogP contribution in [0.25, 0.3) is 22.4 Å². The second-order valence-electron chi connectivity index (χ2n) is 5.48. The number of hydrogen-bond acceptors (Lipinski definition) is 5. The summed E-state index contributed by atoms with van der Waals surface area (Å²) in [6, 6.07) is 16.4. The van der Waals surface area contributed by atoms with Gasteiger partial charge in [0.1, 0.15) is 23.3 Å². The zero-order chi connectivity index (χ0) is 18.7. The van der Waals surface area contributed by atoms with Crippen LogP contribution < -0.4 is 5.73 Å². The van der Waals surface area contributed by atoms with Crippen LogP contribution in [0.4, 0.5) is 10.2 Å². The van der Waals surface area contributed by atoms with Crippen LogP contribution in [0.5, 0.6) is 0 Å². The Balaban J connectivity index is 2.16. The molecule has 3 aromatic rings. The lowest BCUT2D eigenvalue weighted by molar-refractivity contribution is 0.0601. The number of hydrogen-bond donors (Lipinski definition) is 1. The number of nitrogen functional groups attached to an aromatic ring is 1. The number of ether oxygens (including phenoxy) is 1. The number of halogens is 1. The lowest BCUT2D eigenvalue weighted by atomic mass is 9.97. The van der Waals surface area contributed by atoms with E-state index in [1.807, 2.05) is 6.07 Å². The third-order valence-electron chi connectivity index (χ3n) is 3.93. The van der Waals surface area contributed by atoms with Crippen molar-refractivity contribution in [1.29, 1.82) is 5.26 Å². The highest BCUT2D eigenvalue weighted by Gasteiger charge is 2.15. The van der Waals surface area contributed by atoms with Crippen molar-refractivity contribution in [3.05, 3.63) is 71.5 Å². The number of carbonyl (C=O) groups is 1. The summed E-state index contributed by atoms with van der Waals surface area (Å²) in [7, 11) is 1.30. The Bertz CT molecular complexity index is 1020. The molecule has 0 aliphatic rings. The number of anilines is 1. The minimum Gasteiger partial charge on any atom is -0.465 e. The summed E-state index contributed by atoms with van der Waals surface area (Å²) in [4.78, 5) is 15.7. The second kappa shape index (κ2) is 7.03. The van der Waals surface area contributed by atoms with Gasteiger partial charge in [-0.15, -0.1) is 0 Å². The van der Waals surface area contributed by atoms with Crippen molar-refractivity contribution in [3.8, 4) is 28.5 Å². The molecule has 3 rings (SSSR count). The van der Waals surface area contributed by atoms with Crippen LogP contribution in [0.15, 0.2) is 54.6 Å². The molecule has 0 aliphatic carbocycles. The summed E-state index contributed by atoms with van der Waals surface area (Å²) in [5.41, 5.74) is 8.27. The quantitative estimate of drug-likeness (QED) is 0.728. The van der Waals surface area contributed by atoms with Crippen LogP contribution in [0.2, 0.25) is 0 Å².